The average Bonchev–Trinajstić information content (AvgIpc) is 2.42. The number of ether oxygens (including phenoxy) is 1. The van der Waals surface area contributed by atoms with Crippen molar-refractivity contribution in [2.24, 2.45) is 0 Å². The number of para-hydroxylation sites is 1. The fraction of sp³-hybridized carbons (Fsp3) is 0.133. The molecule has 0 aliphatic rings. The largest absolute Gasteiger partial charge is 0.477 e. The van der Waals surface area contributed by atoms with E-state index in [-0.39, 0.29) is 5.75 Å². The minimum atomic E-state index is -1.37. The minimum absolute atomic E-state index is 0.0943. The molecule has 0 bridgehead atoms. The molecule has 1 N–H and O–H groups in total. The van der Waals surface area contributed by atoms with Gasteiger partial charge in [-0.1, -0.05) is 12.1 Å². The number of nitro groups is 1. The normalized spacial score (nSPS) is 10.2. The van der Waals surface area contributed by atoms with Crippen LogP contribution in [0.2, 0.25) is 0 Å². The Balaban J connectivity index is 2.48. The zero-order valence-corrected chi connectivity index (χ0v) is 11.5. The quantitative estimate of drug-likeness (QED) is 0.684. The molecule has 0 aliphatic carbocycles. The maximum Gasteiger partial charge on any atom is 0.342 e. The first-order valence-corrected chi connectivity index (χ1v) is 6.16. The summed E-state index contributed by atoms with van der Waals surface area (Å²) in [5.41, 5.74) is 1.09. The molecule has 0 atom stereocenters. The van der Waals surface area contributed by atoms with Gasteiger partial charge >= 0.3 is 11.7 Å². The molecule has 0 fully saturated rings. The molecule has 2 aromatic carbocycles. The first-order chi connectivity index (χ1) is 9.90. The fourth-order valence-corrected chi connectivity index (χ4v) is 1.87. The van der Waals surface area contributed by atoms with E-state index in [1.54, 1.807) is 12.1 Å². The number of benzene rings is 2. The maximum absolute atomic E-state index is 11.1. The molecule has 2 aromatic rings. The van der Waals surface area contributed by atoms with Gasteiger partial charge in [-0.05, 0) is 49.2 Å². The van der Waals surface area contributed by atoms with E-state index in [1.807, 2.05) is 19.9 Å². The summed E-state index contributed by atoms with van der Waals surface area (Å²) in [6, 6.07) is 9.21. The molecule has 0 aliphatic heterocycles. The van der Waals surface area contributed by atoms with Gasteiger partial charge in [0.1, 0.15) is 11.3 Å². The molecule has 21 heavy (non-hydrogen) atoms. The number of nitro benzene ring substituents is 1. The fourth-order valence-electron chi connectivity index (χ4n) is 1.87. The van der Waals surface area contributed by atoms with Crippen LogP contribution in [0.1, 0.15) is 21.5 Å². The van der Waals surface area contributed by atoms with Gasteiger partial charge in [0.2, 0.25) is 5.75 Å². The van der Waals surface area contributed by atoms with Gasteiger partial charge in [0, 0.05) is 0 Å². The van der Waals surface area contributed by atoms with Crippen LogP contribution in [-0.4, -0.2) is 16.0 Å². The van der Waals surface area contributed by atoms with Crippen molar-refractivity contribution in [3.63, 3.8) is 0 Å². The third-order valence-electron chi connectivity index (χ3n) is 3.12. The number of nitrogens with zero attached hydrogens (tertiary/aromatic N) is 1. The highest BCUT2D eigenvalue weighted by Crippen LogP contribution is 2.34. The smallest absolute Gasteiger partial charge is 0.342 e. The zero-order valence-electron chi connectivity index (χ0n) is 11.5. The van der Waals surface area contributed by atoms with Crippen LogP contribution >= 0.6 is 0 Å². The van der Waals surface area contributed by atoms with Crippen molar-refractivity contribution in [1.82, 2.24) is 0 Å². The molecule has 0 amide bonds. The van der Waals surface area contributed by atoms with Crippen LogP contribution in [0.25, 0.3) is 0 Å². The van der Waals surface area contributed by atoms with Gasteiger partial charge in [0.25, 0.3) is 0 Å². The number of aryl methyl sites for hydroxylation is 2. The average molecular weight is 287 g/mol. The first kappa shape index (κ1) is 14.5. The lowest BCUT2D eigenvalue weighted by Crippen LogP contribution is -2.04. The highest BCUT2D eigenvalue weighted by molar-refractivity contribution is 5.93. The second-order valence-corrected chi connectivity index (χ2v) is 4.56. The lowest BCUT2D eigenvalue weighted by Gasteiger charge is -2.09. The van der Waals surface area contributed by atoms with Crippen LogP contribution in [-0.2, 0) is 0 Å². The Morgan fingerprint density at radius 2 is 1.90 bits per heavy atom. The van der Waals surface area contributed by atoms with Crippen LogP contribution in [0.3, 0.4) is 0 Å². The van der Waals surface area contributed by atoms with E-state index in [0.717, 1.165) is 11.1 Å². The van der Waals surface area contributed by atoms with E-state index < -0.39 is 22.1 Å². The molecule has 0 unspecified atom stereocenters. The molecule has 0 saturated carbocycles. The second-order valence-electron chi connectivity index (χ2n) is 4.56. The Labute approximate surface area is 120 Å². The first-order valence-electron chi connectivity index (χ1n) is 6.16. The Morgan fingerprint density at radius 3 is 2.48 bits per heavy atom. The van der Waals surface area contributed by atoms with E-state index >= 15 is 0 Å². The van der Waals surface area contributed by atoms with Crippen molar-refractivity contribution >= 4 is 11.7 Å². The summed E-state index contributed by atoms with van der Waals surface area (Å²) >= 11 is 0. The highest BCUT2D eigenvalue weighted by atomic mass is 16.6. The molecule has 108 valence electrons. The van der Waals surface area contributed by atoms with Crippen LogP contribution in [0, 0.1) is 24.0 Å². The Bertz CT molecular complexity index is 724. The molecule has 0 heterocycles. The molecular weight excluding hydrogens is 274 g/mol. The third kappa shape index (κ3) is 3.00. The second kappa shape index (κ2) is 5.62. The summed E-state index contributed by atoms with van der Waals surface area (Å²) in [6.07, 6.45) is 0. The van der Waals surface area contributed by atoms with Crippen molar-refractivity contribution in [2.45, 2.75) is 13.8 Å². The van der Waals surface area contributed by atoms with E-state index in [1.165, 1.54) is 18.2 Å². The lowest BCUT2D eigenvalue weighted by atomic mass is 10.1. The molecule has 0 radical (unpaired) electrons. The summed E-state index contributed by atoms with van der Waals surface area (Å²) in [4.78, 5) is 21.4. The Morgan fingerprint density at radius 1 is 1.19 bits per heavy atom. The summed E-state index contributed by atoms with van der Waals surface area (Å²) in [7, 11) is 0. The Hall–Kier alpha value is -2.89. The monoisotopic (exact) mass is 287 g/mol. The van der Waals surface area contributed by atoms with E-state index in [4.69, 9.17) is 9.84 Å². The summed E-state index contributed by atoms with van der Waals surface area (Å²) < 4.78 is 5.49. The van der Waals surface area contributed by atoms with E-state index in [9.17, 15) is 14.9 Å². The predicted molar refractivity (Wildman–Crippen MR) is 76.0 cm³/mol. The molecule has 0 saturated heterocycles. The van der Waals surface area contributed by atoms with Gasteiger partial charge < -0.3 is 9.84 Å². The van der Waals surface area contributed by atoms with Gasteiger partial charge in [-0.15, -0.1) is 0 Å². The van der Waals surface area contributed by atoms with E-state index in [0.29, 0.717) is 5.75 Å². The summed E-state index contributed by atoms with van der Waals surface area (Å²) in [6.45, 7) is 3.83. The molecule has 0 aromatic heterocycles. The molecule has 6 nitrogen and oxygen atoms in total. The van der Waals surface area contributed by atoms with Crippen molar-refractivity contribution in [3.8, 4) is 11.5 Å². The highest BCUT2D eigenvalue weighted by Gasteiger charge is 2.25. The van der Waals surface area contributed by atoms with Gasteiger partial charge in [-0.2, -0.15) is 0 Å². The van der Waals surface area contributed by atoms with E-state index in [2.05, 4.69) is 0 Å². The topological polar surface area (TPSA) is 89.7 Å². The minimum Gasteiger partial charge on any atom is -0.477 e. The predicted octanol–water partition coefficient (Wildman–Crippen LogP) is 3.70. The number of carboxylic acid groups (broad SMARTS) is 1. The molecule has 6 heteroatoms. The van der Waals surface area contributed by atoms with Crippen molar-refractivity contribution in [3.05, 3.63) is 63.2 Å². The summed E-state index contributed by atoms with van der Waals surface area (Å²) in [5, 5.41) is 20.1. The van der Waals surface area contributed by atoms with Crippen LogP contribution < -0.4 is 4.74 Å². The number of carbonyl (C=O) groups is 1. The summed E-state index contributed by atoms with van der Waals surface area (Å²) in [5.74, 6) is -1.04. The van der Waals surface area contributed by atoms with Gasteiger partial charge in [-0.3, -0.25) is 10.1 Å². The van der Waals surface area contributed by atoms with Crippen LogP contribution in [0.4, 0.5) is 5.69 Å². The van der Waals surface area contributed by atoms with Crippen molar-refractivity contribution in [1.29, 1.82) is 0 Å². The number of rotatable bonds is 4. The zero-order chi connectivity index (χ0) is 15.6. The van der Waals surface area contributed by atoms with Crippen LogP contribution in [0.15, 0.2) is 36.4 Å². The Kier molecular flexibility index (Phi) is 3.89. The number of carboxylic acids is 1. The maximum atomic E-state index is 11.1. The number of hydrogen-bond acceptors (Lipinski definition) is 4. The number of aromatic carboxylic acids is 1. The third-order valence-corrected chi connectivity index (χ3v) is 3.12. The lowest BCUT2D eigenvalue weighted by molar-refractivity contribution is -0.386. The number of hydrogen-bond donors (Lipinski definition) is 1. The SMILES string of the molecule is Cc1ccc(Oc2cccc(C(=O)O)c2[N+](=O)[O-])cc1C. The standard InChI is InChI=1S/C15H13NO5/c1-9-6-7-11(8-10(9)2)21-13-5-3-4-12(15(17)18)14(13)16(19)20/h3-8H,1-2H3,(H,17,18). The van der Waals surface area contributed by atoms with Crippen molar-refractivity contribution in [2.75, 3.05) is 0 Å². The molecular formula is C15H13NO5. The van der Waals surface area contributed by atoms with Gasteiger partial charge in [0.05, 0.1) is 4.92 Å². The molecule has 0 spiro atoms. The van der Waals surface area contributed by atoms with Gasteiger partial charge in [0.15, 0.2) is 0 Å². The molecule has 2 rings (SSSR count). The van der Waals surface area contributed by atoms with Crippen LogP contribution in [0.5, 0.6) is 11.5 Å². The van der Waals surface area contributed by atoms with Crippen molar-refractivity contribution < 1.29 is 19.6 Å². The van der Waals surface area contributed by atoms with Gasteiger partial charge in [-0.25, -0.2) is 4.79 Å².